The molecule has 0 aromatic heterocycles. The van der Waals surface area contributed by atoms with Crippen LogP contribution in [-0.4, -0.2) is 5.91 Å². The maximum Gasteiger partial charge on any atom is 0.230 e. The topological polar surface area (TPSA) is 81.1 Å². The van der Waals surface area contributed by atoms with Crippen molar-refractivity contribution in [2.75, 3.05) is 0 Å². The molecule has 0 aliphatic carbocycles. The number of carbonyl (C=O) groups is 1. The molecule has 0 radical (unpaired) electrons. The third-order valence-electron chi connectivity index (χ3n) is 2.03. The van der Waals surface area contributed by atoms with Crippen molar-refractivity contribution >= 4 is 5.91 Å². The lowest BCUT2D eigenvalue weighted by molar-refractivity contribution is -0.118. The predicted molar refractivity (Wildman–Crippen MR) is 51.1 cm³/mol. The Bertz CT molecular complexity index is 289. The van der Waals surface area contributed by atoms with Crippen LogP contribution >= 0.6 is 0 Å². The molecule has 0 bridgehead atoms. The lowest BCUT2D eigenvalue weighted by Gasteiger charge is -2.12. The second-order valence-electron chi connectivity index (χ2n) is 3.40. The summed E-state index contributed by atoms with van der Waals surface area (Å²) in [6.07, 6.45) is 1.78. The molecule has 0 atom stereocenters. The van der Waals surface area contributed by atoms with Crippen molar-refractivity contribution in [1.82, 2.24) is 5.32 Å². The number of allylic oxidation sites excluding steroid dienone is 1. The molecular formula is C9H15N3O. The highest BCUT2D eigenvalue weighted by Gasteiger charge is 2.22. The molecule has 0 fully saturated rings. The monoisotopic (exact) mass is 181 g/mol. The molecule has 72 valence electrons. The molecule has 13 heavy (non-hydrogen) atoms. The number of rotatable bonds is 2. The van der Waals surface area contributed by atoms with Gasteiger partial charge in [0.25, 0.3) is 0 Å². The normalized spacial score (nSPS) is 18.4. The highest BCUT2D eigenvalue weighted by molar-refractivity contribution is 5.85. The third-order valence-corrected chi connectivity index (χ3v) is 2.03. The molecule has 0 aromatic carbocycles. The molecule has 4 nitrogen and oxygen atoms in total. The van der Waals surface area contributed by atoms with E-state index in [-0.39, 0.29) is 18.2 Å². The van der Waals surface area contributed by atoms with E-state index < -0.39 is 0 Å². The highest BCUT2D eigenvalue weighted by atomic mass is 16.1. The minimum absolute atomic E-state index is 0.0625. The van der Waals surface area contributed by atoms with E-state index in [4.69, 9.17) is 11.5 Å². The van der Waals surface area contributed by atoms with Gasteiger partial charge in [-0.15, -0.1) is 0 Å². The van der Waals surface area contributed by atoms with E-state index in [1.54, 1.807) is 0 Å². The average Bonchev–Trinajstić information content (AvgIpc) is 2.31. The molecule has 0 aromatic rings. The maximum absolute atomic E-state index is 11.0. The van der Waals surface area contributed by atoms with Crippen molar-refractivity contribution in [3.05, 3.63) is 23.2 Å². The molecule has 1 aliphatic rings. The first kappa shape index (κ1) is 9.64. The first-order valence-corrected chi connectivity index (χ1v) is 4.27. The lowest BCUT2D eigenvalue weighted by Crippen LogP contribution is -2.19. The first-order chi connectivity index (χ1) is 6.06. The SMILES string of the molecule is CC(C)/C(=C/N)C1=C(N)CC(=O)N1. The van der Waals surface area contributed by atoms with Crippen LogP contribution in [0.1, 0.15) is 20.3 Å². The molecule has 0 saturated carbocycles. The van der Waals surface area contributed by atoms with Gasteiger partial charge in [-0.1, -0.05) is 13.8 Å². The van der Waals surface area contributed by atoms with Crippen LogP contribution in [0.5, 0.6) is 0 Å². The van der Waals surface area contributed by atoms with Crippen LogP contribution in [0.2, 0.25) is 0 Å². The van der Waals surface area contributed by atoms with E-state index in [0.29, 0.717) is 11.4 Å². The highest BCUT2D eigenvalue weighted by Crippen LogP contribution is 2.22. The molecule has 1 aliphatic heterocycles. The van der Waals surface area contributed by atoms with Crippen LogP contribution in [0.3, 0.4) is 0 Å². The van der Waals surface area contributed by atoms with Crippen molar-refractivity contribution in [1.29, 1.82) is 0 Å². The van der Waals surface area contributed by atoms with Gasteiger partial charge in [-0.05, 0) is 17.7 Å². The Morgan fingerprint density at radius 3 is 2.54 bits per heavy atom. The van der Waals surface area contributed by atoms with Gasteiger partial charge in [0.05, 0.1) is 12.1 Å². The zero-order valence-electron chi connectivity index (χ0n) is 7.92. The van der Waals surface area contributed by atoms with E-state index in [2.05, 4.69) is 5.32 Å². The molecular weight excluding hydrogens is 166 g/mol. The van der Waals surface area contributed by atoms with Crippen LogP contribution in [0.4, 0.5) is 0 Å². The molecule has 1 rings (SSSR count). The standard InChI is InChI=1S/C9H15N3O/c1-5(2)6(4-10)9-7(11)3-8(13)12-9/h4-5H,3,10-11H2,1-2H3,(H,12,13)/b6-4-. The molecule has 4 heteroatoms. The Labute approximate surface area is 77.7 Å². The van der Waals surface area contributed by atoms with E-state index >= 15 is 0 Å². The fraction of sp³-hybridized carbons (Fsp3) is 0.444. The van der Waals surface area contributed by atoms with Gasteiger partial charge in [-0.25, -0.2) is 0 Å². The zero-order chi connectivity index (χ0) is 10.0. The summed E-state index contributed by atoms with van der Waals surface area (Å²) < 4.78 is 0. The van der Waals surface area contributed by atoms with E-state index in [9.17, 15) is 4.79 Å². The summed E-state index contributed by atoms with van der Waals surface area (Å²) >= 11 is 0. The summed E-state index contributed by atoms with van der Waals surface area (Å²) in [6.45, 7) is 4.01. The van der Waals surface area contributed by atoms with Crippen molar-refractivity contribution in [2.24, 2.45) is 17.4 Å². The fourth-order valence-electron chi connectivity index (χ4n) is 1.35. The van der Waals surface area contributed by atoms with Gasteiger partial charge in [-0.2, -0.15) is 0 Å². The van der Waals surface area contributed by atoms with Gasteiger partial charge in [0.2, 0.25) is 5.91 Å². The van der Waals surface area contributed by atoms with Gasteiger partial charge in [0, 0.05) is 5.70 Å². The van der Waals surface area contributed by atoms with E-state index in [1.807, 2.05) is 13.8 Å². The average molecular weight is 181 g/mol. The van der Waals surface area contributed by atoms with E-state index in [1.165, 1.54) is 6.20 Å². The van der Waals surface area contributed by atoms with Gasteiger partial charge in [0.1, 0.15) is 0 Å². The Hall–Kier alpha value is -1.45. The Morgan fingerprint density at radius 2 is 2.23 bits per heavy atom. The number of hydrogen-bond acceptors (Lipinski definition) is 3. The molecule has 0 unspecified atom stereocenters. The molecule has 1 heterocycles. The molecule has 0 saturated heterocycles. The summed E-state index contributed by atoms with van der Waals surface area (Å²) in [6, 6.07) is 0. The summed E-state index contributed by atoms with van der Waals surface area (Å²) in [4.78, 5) is 11.0. The molecule has 5 N–H and O–H groups in total. The Morgan fingerprint density at radius 1 is 1.62 bits per heavy atom. The predicted octanol–water partition coefficient (Wildman–Crippen LogP) is 0.175. The van der Waals surface area contributed by atoms with E-state index in [0.717, 1.165) is 5.57 Å². The lowest BCUT2D eigenvalue weighted by atomic mass is 10.0. The smallest absolute Gasteiger partial charge is 0.230 e. The molecule has 0 spiro atoms. The minimum Gasteiger partial charge on any atom is -0.404 e. The van der Waals surface area contributed by atoms with Crippen molar-refractivity contribution < 1.29 is 4.79 Å². The van der Waals surface area contributed by atoms with Gasteiger partial charge >= 0.3 is 0 Å². The Balaban J connectivity index is 2.94. The van der Waals surface area contributed by atoms with Crippen LogP contribution in [-0.2, 0) is 4.79 Å². The Kier molecular flexibility index (Phi) is 2.60. The van der Waals surface area contributed by atoms with Crippen LogP contribution in [0, 0.1) is 5.92 Å². The quantitative estimate of drug-likeness (QED) is 0.568. The van der Waals surface area contributed by atoms with Crippen molar-refractivity contribution in [3.63, 3.8) is 0 Å². The minimum atomic E-state index is -0.0625. The van der Waals surface area contributed by atoms with Crippen molar-refractivity contribution in [3.8, 4) is 0 Å². The van der Waals surface area contributed by atoms with Crippen LogP contribution in [0.15, 0.2) is 23.2 Å². The summed E-state index contributed by atoms with van der Waals surface area (Å²) in [5.41, 5.74) is 13.3. The van der Waals surface area contributed by atoms with Gasteiger partial charge < -0.3 is 16.8 Å². The number of hydrogen-bond donors (Lipinski definition) is 3. The summed E-state index contributed by atoms with van der Waals surface area (Å²) in [7, 11) is 0. The molecule has 1 amide bonds. The van der Waals surface area contributed by atoms with Crippen molar-refractivity contribution in [2.45, 2.75) is 20.3 Å². The van der Waals surface area contributed by atoms with Gasteiger partial charge in [0.15, 0.2) is 0 Å². The second kappa shape index (κ2) is 3.51. The van der Waals surface area contributed by atoms with Gasteiger partial charge in [-0.3, -0.25) is 4.79 Å². The summed E-state index contributed by atoms with van der Waals surface area (Å²) in [5, 5.41) is 2.70. The fourth-order valence-corrected chi connectivity index (χ4v) is 1.35. The maximum atomic E-state index is 11.0. The van der Waals surface area contributed by atoms with Crippen LogP contribution < -0.4 is 16.8 Å². The first-order valence-electron chi connectivity index (χ1n) is 4.27. The number of nitrogens with two attached hydrogens (primary N) is 2. The largest absolute Gasteiger partial charge is 0.404 e. The second-order valence-corrected chi connectivity index (χ2v) is 3.40. The number of carbonyl (C=O) groups excluding carboxylic acids is 1. The third kappa shape index (κ3) is 1.83. The zero-order valence-corrected chi connectivity index (χ0v) is 7.92. The summed E-state index contributed by atoms with van der Waals surface area (Å²) in [5.74, 6) is 0.199. The van der Waals surface area contributed by atoms with Crippen LogP contribution in [0.25, 0.3) is 0 Å². The number of nitrogens with one attached hydrogen (secondary N) is 1. The number of amides is 1.